The molecule has 2 N–H and O–H groups in total. The molecule has 2 aromatic carbocycles. The van der Waals surface area contributed by atoms with Crippen LogP contribution in [0, 0.1) is 5.82 Å². The quantitative estimate of drug-likeness (QED) is 0.432. The average Bonchev–Trinajstić information content (AvgIpc) is 2.63. The SMILES string of the molecule is CC1(C)CCSc2ccc(C(/C=C/c3ccc(C(=O)O)cc3F)=N\O)cc21. The van der Waals surface area contributed by atoms with E-state index in [2.05, 4.69) is 19.0 Å². The van der Waals surface area contributed by atoms with Crippen LogP contribution in [-0.2, 0) is 5.41 Å². The Morgan fingerprint density at radius 1 is 1.22 bits per heavy atom. The molecule has 6 heteroatoms. The minimum Gasteiger partial charge on any atom is -0.478 e. The number of allylic oxidation sites excluding steroid dienone is 1. The Balaban J connectivity index is 1.91. The van der Waals surface area contributed by atoms with Gasteiger partial charge in [-0.25, -0.2) is 9.18 Å². The topological polar surface area (TPSA) is 69.9 Å². The third-order valence-electron chi connectivity index (χ3n) is 4.76. The second-order valence-corrected chi connectivity index (χ2v) is 8.19. The van der Waals surface area contributed by atoms with Gasteiger partial charge in [0.05, 0.1) is 5.56 Å². The molecular formula is C21H20FNO3S. The predicted octanol–water partition coefficient (Wildman–Crippen LogP) is 5.19. The molecule has 2 aromatic rings. The summed E-state index contributed by atoms with van der Waals surface area (Å²) in [4.78, 5) is 12.1. The van der Waals surface area contributed by atoms with Gasteiger partial charge >= 0.3 is 5.97 Å². The van der Waals surface area contributed by atoms with E-state index >= 15 is 0 Å². The molecule has 0 fully saturated rings. The zero-order valence-corrected chi connectivity index (χ0v) is 15.9. The molecule has 0 unspecified atom stereocenters. The van der Waals surface area contributed by atoms with Crippen LogP contribution in [0.1, 0.15) is 47.3 Å². The van der Waals surface area contributed by atoms with E-state index in [-0.39, 0.29) is 16.5 Å². The molecule has 0 saturated heterocycles. The standard InChI is InChI=1S/C21H20FNO3S/c1-21(2)9-10-27-19-8-6-14(11-16(19)21)18(23-26)7-5-13-3-4-15(20(24)25)12-17(13)22/h3-8,11-12,26H,9-10H2,1-2H3,(H,24,25)/b7-5+,23-18-. The first-order valence-electron chi connectivity index (χ1n) is 8.52. The Morgan fingerprint density at radius 2 is 1.96 bits per heavy atom. The lowest BCUT2D eigenvalue weighted by Crippen LogP contribution is -2.23. The fraction of sp³-hybridized carbons (Fsp3) is 0.238. The van der Waals surface area contributed by atoms with Gasteiger partial charge in [0.1, 0.15) is 11.5 Å². The summed E-state index contributed by atoms with van der Waals surface area (Å²) in [7, 11) is 0. The van der Waals surface area contributed by atoms with Crippen molar-refractivity contribution in [2.45, 2.75) is 30.6 Å². The second kappa shape index (κ2) is 7.56. The van der Waals surface area contributed by atoms with Crippen molar-refractivity contribution >= 4 is 29.5 Å². The zero-order valence-electron chi connectivity index (χ0n) is 15.1. The molecule has 1 aliphatic rings. The van der Waals surface area contributed by atoms with Crippen molar-refractivity contribution in [2.24, 2.45) is 5.16 Å². The van der Waals surface area contributed by atoms with Crippen LogP contribution in [0.3, 0.4) is 0 Å². The van der Waals surface area contributed by atoms with E-state index in [4.69, 9.17) is 5.11 Å². The number of hydrogen-bond donors (Lipinski definition) is 2. The Hall–Kier alpha value is -2.60. The third kappa shape index (κ3) is 4.06. The van der Waals surface area contributed by atoms with Crippen molar-refractivity contribution in [2.75, 3.05) is 5.75 Å². The minimum absolute atomic E-state index is 0.0413. The largest absolute Gasteiger partial charge is 0.478 e. The van der Waals surface area contributed by atoms with Crippen LogP contribution in [0.5, 0.6) is 0 Å². The molecule has 1 aliphatic heterocycles. The van der Waals surface area contributed by atoms with Gasteiger partial charge in [0.15, 0.2) is 0 Å². The number of aromatic carboxylic acids is 1. The van der Waals surface area contributed by atoms with Crippen LogP contribution in [0.15, 0.2) is 52.5 Å². The number of fused-ring (bicyclic) bond motifs is 1. The van der Waals surface area contributed by atoms with E-state index < -0.39 is 11.8 Å². The molecule has 0 bridgehead atoms. The highest BCUT2D eigenvalue weighted by atomic mass is 32.2. The molecule has 3 rings (SSSR count). The number of carboxylic acid groups (broad SMARTS) is 1. The van der Waals surface area contributed by atoms with E-state index in [0.29, 0.717) is 5.71 Å². The van der Waals surface area contributed by atoms with Gasteiger partial charge < -0.3 is 10.3 Å². The lowest BCUT2D eigenvalue weighted by molar-refractivity contribution is 0.0696. The first-order valence-corrected chi connectivity index (χ1v) is 9.51. The maximum atomic E-state index is 14.1. The molecule has 0 spiro atoms. The maximum Gasteiger partial charge on any atom is 0.335 e. The molecule has 0 amide bonds. The minimum atomic E-state index is -1.18. The van der Waals surface area contributed by atoms with Crippen molar-refractivity contribution in [3.05, 3.63) is 70.5 Å². The molecule has 0 saturated carbocycles. The number of halogens is 1. The Kier molecular flexibility index (Phi) is 5.37. The summed E-state index contributed by atoms with van der Waals surface area (Å²) < 4.78 is 14.1. The molecular weight excluding hydrogens is 365 g/mol. The van der Waals surface area contributed by atoms with Gasteiger partial charge in [0.2, 0.25) is 0 Å². The number of benzene rings is 2. The monoisotopic (exact) mass is 385 g/mol. The predicted molar refractivity (Wildman–Crippen MR) is 106 cm³/mol. The van der Waals surface area contributed by atoms with Crippen molar-refractivity contribution < 1.29 is 19.5 Å². The molecule has 0 aromatic heterocycles. The smallest absolute Gasteiger partial charge is 0.335 e. The van der Waals surface area contributed by atoms with Gasteiger partial charge in [0, 0.05) is 16.0 Å². The van der Waals surface area contributed by atoms with Crippen LogP contribution in [-0.4, -0.2) is 27.7 Å². The van der Waals surface area contributed by atoms with Crippen LogP contribution < -0.4 is 0 Å². The van der Waals surface area contributed by atoms with Crippen molar-refractivity contribution in [1.82, 2.24) is 0 Å². The van der Waals surface area contributed by atoms with Crippen molar-refractivity contribution in [1.29, 1.82) is 0 Å². The highest BCUT2D eigenvalue weighted by Crippen LogP contribution is 2.41. The zero-order chi connectivity index (χ0) is 19.6. The van der Waals surface area contributed by atoms with Gasteiger partial charge in [-0.15, -0.1) is 11.8 Å². The van der Waals surface area contributed by atoms with Gasteiger partial charge in [-0.05, 0) is 59.6 Å². The van der Waals surface area contributed by atoms with E-state index in [0.717, 1.165) is 23.8 Å². The third-order valence-corrected chi connectivity index (χ3v) is 5.84. The number of nitrogens with zero attached hydrogens (tertiary/aromatic N) is 1. The fourth-order valence-electron chi connectivity index (χ4n) is 3.05. The number of oxime groups is 1. The molecule has 1 heterocycles. The summed E-state index contributed by atoms with van der Waals surface area (Å²) in [5, 5.41) is 21.7. The Bertz CT molecular complexity index is 950. The molecule has 0 aliphatic carbocycles. The lowest BCUT2D eigenvalue weighted by Gasteiger charge is -2.32. The van der Waals surface area contributed by atoms with E-state index in [1.807, 2.05) is 30.0 Å². The normalized spacial score (nSPS) is 16.3. The summed E-state index contributed by atoms with van der Waals surface area (Å²) in [6.45, 7) is 4.39. The number of carboxylic acids is 1. The van der Waals surface area contributed by atoms with Gasteiger partial charge in [-0.1, -0.05) is 31.1 Å². The van der Waals surface area contributed by atoms with Crippen molar-refractivity contribution in [3.63, 3.8) is 0 Å². The Morgan fingerprint density at radius 3 is 2.63 bits per heavy atom. The number of thioether (sulfide) groups is 1. The highest BCUT2D eigenvalue weighted by Gasteiger charge is 2.28. The lowest BCUT2D eigenvalue weighted by atomic mass is 9.81. The van der Waals surface area contributed by atoms with Gasteiger partial charge in [-0.3, -0.25) is 0 Å². The molecule has 140 valence electrons. The van der Waals surface area contributed by atoms with Gasteiger partial charge in [-0.2, -0.15) is 0 Å². The molecule has 4 nitrogen and oxygen atoms in total. The van der Waals surface area contributed by atoms with Gasteiger partial charge in [0.25, 0.3) is 0 Å². The summed E-state index contributed by atoms with van der Waals surface area (Å²) in [5.74, 6) is -0.755. The molecule has 0 radical (unpaired) electrons. The van der Waals surface area contributed by atoms with Crippen LogP contribution >= 0.6 is 11.8 Å². The number of hydrogen-bond acceptors (Lipinski definition) is 4. The Labute approximate surface area is 161 Å². The second-order valence-electron chi connectivity index (χ2n) is 7.05. The van der Waals surface area contributed by atoms with E-state index in [9.17, 15) is 14.4 Å². The number of rotatable bonds is 4. The van der Waals surface area contributed by atoms with E-state index in [1.165, 1.54) is 34.7 Å². The highest BCUT2D eigenvalue weighted by molar-refractivity contribution is 7.99. The summed E-state index contributed by atoms with van der Waals surface area (Å²) in [6, 6.07) is 9.62. The first kappa shape index (κ1) is 19.2. The van der Waals surface area contributed by atoms with E-state index in [1.54, 1.807) is 0 Å². The number of carbonyl (C=O) groups is 1. The van der Waals surface area contributed by atoms with Crippen LogP contribution in [0.2, 0.25) is 0 Å². The first-order chi connectivity index (χ1) is 12.8. The summed E-state index contributed by atoms with van der Waals surface area (Å²) in [6.07, 6.45) is 4.05. The summed E-state index contributed by atoms with van der Waals surface area (Å²) >= 11 is 1.82. The molecule has 0 atom stereocenters. The maximum absolute atomic E-state index is 14.1. The van der Waals surface area contributed by atoms with Crippen molar-refractivity contribution in [3.8, 4) is 0 Å². The molecule has 27 heavy (non-hydrogen) atoms. The van der Waals surface area contributed by atoms with Crippen LogP contribution in [0.25, 0.3) is 6.08 Å². The summed E-state index contributed by atoms with van der Waals surface area (Å²) in [5.41, 5.74) is 2.41. The average molecular weight is 385 g/mol. The van der Waals surface area contributed by atoms with Crippen LogP contribution in [0.4, 0.5) is 4.39 Å². The fourth-order valence-corrected chi connectivity index (χ4v) is 4.53.